The number of thioether (sulfide) groups is 1. The molecule has 0 spiro atoms. The smallest absolute Gasteiger partial charge is 0.0446 e. The summed E-state index contributed by atoms with van der Waals surface area (Å²) in [6.07, 6.45) is 0. The molecule has 0 aliphatic heterocycles. The van der Waals surface area contributed by atoms with Crippen LogP contribution in [0.25, 0.3) is 0 Å². The zero-order chi connectivity index (χ0) is 14.5. The van der Waals surface area contributed by atoms with Crippen molar-refractivity contribution < 1.29 is 0 Å². The quantitative estimate of drug-likeness (QED) is 0.680. The lowest BCUT2D eigenvalue weighted by Crippen LogP contribution is -2.12. The van der Waals surface area contributed by atoms with Gasteiger partial charge in [-0.1, -0.05) is 51.8 Å². The van der Waals surface area contributed by atoms with Crippen molar-refractivity contribution >= 4 is 39.3 Å². The van der Waals surface area contributed by atoms with Gasteiger partial charge in [0.05, 0.1) is 0 Å². The molecule has 1 atom stereocenters. The number of rotatable bonds is 5. The van der Waals surface area contributed by atoms with Gasteiger partial charge in [0.2, 0.25) is 0 Å². The second kappa shape index (κ2) is 7.51. The summed E-state index contributed by atoms with van der Waals surface area (Å²) in [4.78, 5) is 1.24. The van der Waals surface area contributed by atoms with Crippen molar-refractivity contribution in [2.24, 2.45) is 0 Å². The van der Waals surface area contributed by atoms with E-state index in [1.807, 2.05) is 25.2 Å². The first-order chi connectivity index (χ1) is 9.61. The molecule has 106 valence electrons. The maximum atomic E-state index is 6.18. The van der Waals surface area contributed by atoms with Gasteiger partial charge in [-0.3, -0.25) is 0 Å². The summed E-state index contributed by atoms with van der Waals surface area (Å²) in [6, 6.07) is 14.8. The SMILES string of the molecule is CNC(C)c1ccc(SCc2ccccc2Cl)cc1Br. The first-order valence-corrected chi connectivity index (χ1v) is 8.60. The van der Waals surface area contributed by atoms with E-state index in [9.17, 15) is 0 Å². The van der Waals surface area contributed by atoms with E-state index >= 15 is 0 Å². The molecule has 0 saturated carbocycles. The third kappa shape index (κ3) is 4.01. The summed E-state index contributed by atoms with van der Waals surface area (Å²) in [7, 11) is 1.97. The van der Waals surface area contributed by atoms with Gasteiger partial charge in [0.1, 0.15) is 0 Å². The van der Waals surface area contributed by atoms with E-state index in [1.54, 1.807) is 11.8 Å². The Kier molecular flexibility index (Phi) is 5.97. The number of nitrogens with one attached hydrogen (secondary N) is 1. The standard InChI is InChI=1S/C16H17BrClNS/c1-11(19-2)14-8-7-13(9-15(14)17)20-10-12-5-3-4-6-16(12)18/h3-9,11,19H,10H2,1-2H3. The van der Waals surface area contributed by atoms with E-state index in [2.05, 4.69) is 52.4 Å². The van der Waals surface area contributed by atoms with Crippen LogP contribution in [0.1, 0.15) is 24.1 Å². The maximum absolute atomic E-state index is 6.18. The molecule has 0 aliphatic rings. The third-order valence-electron chi connectivity index (χ3n) is 3.22. The van der Waals surface area contributed by atoms with Gasteiger partial charge in [0.15, 0.2) is 0 Å². The zero-order valence-corrected chi connectivity index (χ0v) is 14.6. The highest BCUT2D eigenvalue weighted by molar-refractivity contribution is 9.10. The van der Waals surface area contributed by atoms with Crippen molar-refractivity contribution in [3.05, 3.63) is 63.1 Å². The van der Waals surface area contributed by atoms with Crippen LogP contribution in [-0.4, -0.2) is 7.05 Å². The van der Waals surface area contributed by atoms with Crippen LogP contribution in [0.2, 0.25) is 5.02 Å². The van der Waals surface area contributed by atoms with Gasteiger partial charge in [-0.25, -0.2) is 0 Å². The molecule has 1 unspecified atom stereocenters. The fourth-order valence-corrected chi connectivity index (χ4v) is 3.98. The molecule has 1 nitrogen and oxygen atoms in total. The highest BCUT2D eigenvalue weighted by atomic mass is 79.9. The summed E-state index contributed by atoms with van der Waals surface area (Å²) in [6.45, 7) is 2.15. The van der Waals surface area contributed by atoms with Crippen LogP contribution in [-0.2, 0) is 5.75 Å². The van der Waals surface area contributed by atoms with E-state index in [1.165, 1.54) is 16.0 Å². The molecule has 0 aliphatic carbocycles. The lowest BCUT2D eigenvalue weighted by atomic mass is 10.1. The molecular formula is C16H17BrClNS. The molecule has 0 saturated heterocycles. The van der Waals surface area contributed by atoms with Crippen molar-refractivity contribution in [2.75, 3.05) is 7.05 Å². The van der Waals surface area contributed by atoms with E-state index in [-0.39, 0.29) is 0 Å². The number of benzene rings is 2. The van der Waals surface area contributed by atoms with Crippen LogP contribution < -0.4 is 5.32 Å². The molecule has 2 rings (SSSR count). The van der Waals surface area contributed by atoms with Crippen molar-refractivity contribution in [1.82, 2.24) is 5.32 Å². The van der Waals surface area contributed by atoms with E-state index in [0.717, 1.165) is 15.2 Å². The monoisotopic (exact) mass is 369 g/mol. The minimum absolute atomic E-state index is 0.340. The van der Waals surface area contributed by atoms with Gasteiger partial charge < -0.3 is 5.32 Å². The predicted octanol–water partition coefficient (Wildman–Crippen LogP) is 5.68. The summed E-state index contributed by atoms with van der Waals surface area (Å²) in [5, 5.41) is 4.09. The second-order valence-electron chi connectivity index (χ2n) is 4.57. The van der Waals surface area contributed by atoms with E-state index < -0.39 is 0 Å². The Balaban J connectivity index is 2.08. The average molecular weight is 371 g/mol. The summed E-state index contributed by atoms with van der Waals surface area (Å²) >= 11 is 11.6. The van der Waals surface area contributed by atoms with Gasteiger partial charge in [0.25, 0.3) is 0 Å². The zero-order valence-electron chi connectivity index (χ0n) is 11.5. The van der Waals surface area contributed by atoms with Crippen molar-refractivity contribution in [3.8, 4) is 0 Å². The molecule has 1 N–H and O–H groups in total. The molecule has 2 aromatic carbocycles. The van der Waals surface area contributed by atoms with Gasteiger partial charge in [-0.05, 0) is 43.3 Å². The van der Waals surface area contributed by atoms with E-state index in [4.69, 9.17) is 11.6 Å². The Bertz CT molecular complexity index is 588. The summed E-state index contributed by atoms with van der Waals surface area (Å²) in [5.41, 5.74) is 2.44. The fourth-order valence-electron chi connectivity index (χ4n) is 1.88. The lowest BCUT2D eigenvalue weighted by molar-refractivity contribution is 0.649. The van der Waals surface area contributed by atoms with Gasteiger partial charge in [-0.2, -0.15) is 0 Å². The highest BCUT2D eigenvalue weighted by Crippen LogP contribution is 2.31. The van der Waals surface area contributed by atoms with Crippen LogP contribution in [0, 0.1) is 0 Å². The Labute approximate surface area is 138 Å². The highest BCUT2D eigenvalue weighted by Gasteiger charge is 2.08. The van der Waals surface area contributed by atoms with Crippen LogP contribution in [0.4, 0.5) is 0 Å². The summed E-state index contributed by atoms with van der Waals surface area (Å²) < 4.78 is 1.14. The third-order valence-corrected chi connectivity index (χ3v) is 5.32. The minimum atomic E-state index is 0.340. The Hall–Kier alpha value is -0.480. The molecule has 2 aromatic rings. The number of hydrogen-bond acceptors (Lipinski definition) is 2. The van der Waals surface area contributed by atoms with Crippen molar-refractivity contribution in [1.29, 1.82) is 0 Å². The molecule has 0 fully saturated rings. The molecule has 20 heavy (non-hydrogen) atoms. The van der Waals surface area contributed by atoms with Gasteiger partial charge in [0, 0.05) is 26.2 Å². The molecule has 0 heterocycles. The maximum Gasteiger partial charge on any atom is 0.0446 e. The minimum Gasteiger partial charge on any atom is -0.313 e. The molecule has 0 amide bonds. The topological polar surface area (TPSA) is 12.0 Å². The molecule has 4 heteroatoms. The van der Waals surface area contributed by atoms with Crippen LogP contribution in [0.5, 0.6) is 0 Å². The second-order valence-corrected chi connectivity index (χ2v) is 6.88. The lowest BCUT2D eigenvalue weighted by Gasteiger charge is -2.14. The van der Waals surface area contributed by atoms with Crippen LogP contribution >= 0.6 is 39.3 Å². The van der Waals surface area contributed by atoms with Crippen LogP contribution in [0.3, 0.4) is 0 Å². The molecule has 0 aromatic heterocycles. The Morgan fingerprint density at radius 1 is 1.25 bits per heavy atom. The number of halogens is 2. The molecular weight excluding hydrogens is 354 g/mol. The van der Waals surface area contributed by atoms with Crippen LogP contribution in [0.15, 0.2) is 51.8 Å². The molecule has 0 bridgehead atoms. The largest absolute Gasteiger partial charge is 0.313 e. The Morgan fingerprint density at radius 2 is 2.00 bits per heavy atom. The van der Waals surface area contributed by atoms with Gasteiger partial charge >= 0.3 is 0 Å². The first-order valence-electron chi connectivity index (χ1n) is 6.44. The van der Waals surface area contributed by atoms with Gasteiger partial charge in [-0.15, -0.1) is 11.8 Å². The average Bonchev–Trinajstić information content (AvgIpc) is 2.46. The normalized spacial score (nSPS) is 12.4. The number of hydrogen-bond donors (Lipinski definition) is 1. The van der Waals surface area contributed by atoms with Crippen molar-refractivity contribution in [2.45, 2.75) is 23.6 Å². The summed E-state index contributed by atoms with van der Waals surface area (Å²) in [5.74, 6) is 0.882. The van der Waals surface area contributed by atoms with Crippen molar-refractivity contribution in [3.63, 3.8) is 0 Å². The fraction of sp³-hybridized carbons (Fsp3) is 0.250. The predicted molar refractivity (Wildman–Crippen MR) is 92.6 cm³/mol. The Morgan fingerprint density at radius 3 is 2.65 bits per heavy atom. The molecule has 0 radical (unpaired) electrons. The van der Waals surface area contributed by atoms with E-state index in [0.29, 0.717) is 6.04 Å². The first kappa shape index (κ1) is 15.9.